The second-order valence-corrected chi connectivity index (χ2v) is 6.95. The molecule has 2 N–H and O–H groups in total. The van der Waals surface area contributed by atoms with Crippen LogP contribution in [0.25, 0.3) is 0 Å². The number of hydrogen-bond acceptors (Lipinski definition) is 3. The standard InChI is InChI=1S/C16H22N2OS/c1-11-10-12(6-8-17-11)16(19)18-14-7-9-20-15-5-3-2-4-13(14)15/h2-5,11-12,14,17H,6-10H2,1H3,(H,18,19). The van der Waals surface area contributed by atoms with Gasteiger partial charge in [-0.2, -0.15) is 0 Å². The first kappa shape index (κ1) is 14.0. The van der Waals surface area contributed by atoms with Gasteiger partial charge in [-0.15, -0.1) is 11.8 Å². The summed E-state index contributed by atoms with van der Waals surface area (Å²) in [6.07, 6.45) is 2.95. The monoisotopic (exact) mass is 290 g/mol. The Bertz CT molecular complexity index is 491. The average Bonchev–Trinajstić information content (AvgIpc) is 2.47. The summed E-state index contributed by atoms with van der Waals surface area (Å²) >= 11 is 1.89. The number of amides is 1. The van der Waals surface area contributed by atoms with Crippen LogP contribution in [0.2, 0.25) is 0 Å². The zero-order chi connectivity index (χ0) is 13.9. The van der Waals surface area contributed by atoms with E-state index in [0.29, 0.717) is 6.04 Å². The maximum atomic E-state index is 12.5. The van der Waals surface area contributed by atoms with Crippen LogP contribution in [0.5, 0.6) is 0 Å². The van der Waals surface area contributed by atoms with Crippen LogP contribution in [-0.4, -0.2) is 24.2 Å². The Balaban J connectivity index is 1.68. The van der Waals surface area contributed by atoms with Crippen molar-refractivity contribution in [2.24, 2.45) is 5.92 Å². The van der Waals surface area contributed by atoms with Crippen molar-refractivity contribution in [3.05, 3.63) is 29.8 Å². The van der Waals surface area contributed by atoms with Crippen LogP contribution < -0.4 is 10.6 Å². The van der Waals surface area contributed by atoms with E-state index >= 15 is 0 Å². The highest BCUT2D eigenvalue weighted by molar-refractivity contribution is 7.99. The van der Waals surface area contributed by atoms with Crippen molar-refractivity contribution in [1.82, 2.24) is 10.6 Å². The molecule has 3 nitrogen and oxygen atoms in total. The number of thioether (sulfide) groups is 1. The molecule has 1 fully saturated rings. The average molecular weight is 290 g/mol. The fraction of sp³-hybridized carbons (Fsp3) is 0.562. The number of carbonyl (C=O) groups excluding carboxylic acids is 1. The van der Waals surface area contributed by atoms with E-state index in [1.807, 2.05) is 11.8 Å². The van der Waals surface area contributed by atoms with E-state index in [9.17, 15) is 4.79 Å². The summed E-state index contributed by atoms with van der Waals surface area (Å²) in [7, 11) is 0. The van der Waals surface area contributed by atoms with E-state index in [1.54, 1.807) is 0 Å². The molecule has 1 aromatic rings. The van der Waals surface area contributed by atoms with E-state index < -0.39 is 0 Å². The molecule has 108 valence electrons. The maximum absolute atomic E-state index is 12.5. The minimum Gasteiger partial charge on any atom is -0.349 e. The molecule has 0 aromatic heterocycles. The molecular formula is C16H22N2OS. The zero-order valence-electron chi connectivity index (χ0n) is 11.9. The third kappa shape index (κ3) is 3.01. The fourth-order valence-electron chi connectivity index (χ4n) is 3.15. The smallest absolute Gasteiger partial charge is 0.223 e. The Morgan fingerprint density at radius 3 is 3.05 bits per heavy atom. The minimum atomic E-state index is 0.174. The number of fused-ring (bicyclic) bond motifs is 1. The van der Waals surface area contributed by atoms with E-state index in [-0.39, 0.29) is 17.9 Å². The molecule has 3 unspecified atom stereocenters. The molecule has 1 amide bonds. The Morgan fingerprint density at radius 2 is 2.20 bits per heavy atom. The van der Waals surface area contributed by atoms with Crippen LogP contribution in [0.1, 0.15) is 37.8 Å². The molecule has 0 spiro atoms. The minimum absolute atomic E-state index is 0.174. The van der Waals surface area contributed by atoms with Gasteiger partial charge in [-0.3, -0.25) is 4.79 Å². The van der Waals surface area contributed by atoms with Gasteiger partial charge >= 0.3 is 0 Å². The molecule has 20 heavy (non-hydrogen) atoms. The van der Waals surface area contributed by atoms with Gasteiger partial charge in [0, 0.05) is 22.6 Å². The molecule has 0 aliphatic carbocycles. The van der Waals surface area contributed by atoms with Crippen molar-refractivity contribution in [2.75, 3.05) is 12.3 Å². The molecule has 0 bridgehead atoms. The Hall–Kier alpha value is -1.00. The van der Waals surface area contributed by atoms with E-state index in [4.69, 9.17) is 0 Å². The third-order valence-electron chi connectivity index (χ3n) is 4.27. The number of carbonyl (C=O) groups is 1. The van der Waals surface area contributed by atoms with Crippen LogP contribution in [0.15, 0.2) is 29.2 Å². The Morgan fingerprint density at radius 1 is 1.35 bits per heavy atom. The summed E-state index contributed by atoms with van der Waals surface area (Å²) in [5.74, 6) is 1.50. The maximum Gasteiger partial charge on any atom is 0.223 e. The van der Waals surface area contributed by atoms with Crippen molar-refractivity contribution < 1.29 is 4.79 Å². The third-order valence-corrected chi connectivity index (χ3v) is 5.39. The quantitative estimate of drug-likeness (QED) is 0.880. The summed E-state index contributed by atoms with van der Waals surface area (Å²) in [6.45, 7) is 3.11. The van der Waals surface area contributed by atoms with Crippen LogP contribution in [0, 0.1) is 5.92 Å². The normalized spacial score (nSPS) is 29.6. The van der Waals surface area contributed by atoms with Crippen molar-refractivity contribution in [3.8, 4) is 0 Å². The molecular weight excluding hydrogens is 268 g/mol. The van der Waals surface area contributed by atoms with Gasteiger partial charge < -0.3 is 10.6 Å². The molecule has 3 rings (SSSR count). The fourth-order valence-corrected chi connectivity index (χ4v) is 4.28. The van der Waals surface area contributed by atoms with Crippen LogP contribution in [0.3, 0.4) is 0 Å². The lowest BCUT2D eigenvalue weighted by Crippen LogP contribution is -2.43. The van der Waals surface area contributed by atoms with E-state index in [2.05, 4.69) is 41.8 Å². The lowest BCUT2D eigenvalue weighted by Gasteiger charge is -2.31. The molecule has 2 aliphatic rings. The van der Waals surface area contributed by atoms with Crippen LogP contribution >= 0.6 is 11.8 Å². The highest BCUT2D eigenvalue weighted by Gasteiger charge is 2.28. The van der Waals surface area contributed by atoms with Gasteiger partial charge in [-0.05, 0) is 44.4 Å². The molecule has 2 aliphatic heterocycles. The summed E-state index contributed by atoms with van der Waals surface area (Å²) in [4.78, 5) is 13.8. The van der Waals surface area contributed by atoms with Crippen LogP contribution in [0.4, 0.5) is 0 Å². The zero-order valence-corrected chi connectivity index (χ0v) is 12.7. The Labute approximate surface area is 124 Å². The topological polar surface area (TPSA) is 41.1 Å². The van der Waals surface area contributed by atoms with Crippen molar-refractivity contribution in [2.45, 2.75) is 43.2 Å². The first-order chi connectivity index (χ1) is 9.74. The van der Waals surface area contributed by atoms with Gasteiger partial charge in [0.2, 0.25) is 5.91 Å². The van der Waals surface area contributed by atoms with Gasteiger partial charge in [0.05, 0.1) is 6.04 Å². The lowest BCUT2D eigenvalue weighted by molar-refractivity contribution is -0.126. The second-order valence-electron chi connectivity index (χ2n) is 5.81. The van der Waals surface area contributed by atoms with Gasteiger partial charge in [-0.1, -0.05) is 18.2 Å². The van der Waals surface area contributed by atoms with Crippen molar-refractivity contribution in [3.63, 3.8) is 0 Å². The first-order valence-corrected chi connectivity index (χ1v) is 8.48. The van der Waals surface area contributed by atoms with E-state index in [1.165, 1.54) is 10.5 Å². The number of hydrogen-bond donors (Lipinski definition) is 2. The van der Waals surface area contributed by atoms with Gasteiger partial charge in [0.1, 0.15) is 0 Å². The number of piperidine rings is 1. The predicted molar refractivity (Wildman–Crippen MR) is 82.9 cm³/mol. The highest BCUT2D eigenvalue weighted by atomic mass is 32.2. The first-order valence-electron chi connectivity index (χ1n) is 7.49. The summed E-state index contributed by atoms with van der Waals surface area (Å²) in [6, 6.07) is 9.10. The molecule has 2 heterocycles. The van der Waals surface area contributed by atoms with Gasteiger partial charge in [0.25, 0.3) is 0 Å². The number of nitrogens with one attached hydrogen (secondary N) is 2. The number of rotatable bonds is 2. The van der Waals surface area contributed by atoms with Crippen molar-refractivity contribution >= 4 is 17.7 Å². The summed E-state index contributed by atoms with van der Waals surface area (Å²) in [5, 5.41) is 6.69. The van der Waals surface area contributed by atoms with E-state index in [0.717, 1.165) is 31.6 Å². The molecule has 4 heteroatoms. The number of benzene rings is 1. The molecule has 0 saturated carbocycles. The molecule has 3 atom stereocenters. The summed E-state index contributed by atoms with van der Waals surface area (Å²) in [5.41, 5.74) is 1.29. The molecule has 0 radical (unpaired) electrons. The lowest BCUT2D eigenvalue weighted by atomic mass is 9.91. The highest BCUT2D eigenvalue weighted by Crippen LogP contribution is 2.36. The largest absolute Gasteiger partial charge is 0.349 e. The van der Waals surface area contributed by atoms with Crippen LogP contribution in [-0.2, 0) is 4.79 Å². The predicted octanol–water partition coefficient (Wildman–Crippen LogP) is 2.73. The van der Waals surface area contributed by atoms with Gasteiger partial charge in [0.15, 0.2) is 0 Å². The SMILES string of the molecule is CC1CC(C(=O)NC2CCSc3ccccc32)CCN1. The Kier molecular flexibility index (Phi) is 4.32. The molecule has 1 aromatic carbocycles. The summed E-state index contributed by atoms with van der Waals surface area (Å²) < 4.78 is 0. The van der Waals surface area contributed by atoms with Crippen molar-refractivity contribution in [1.29, 1.82) is 0 Å². The molecule has 1 saturated heterocycles. The van der Waals surface area contributed by atoms with Gasteiger partial charge in [-0.25, -0.2) is 0 Å². The second kappa shape index (κ2) is 6.19.